The smallest absolute Gasteiger partial charge is 0.410 e. The molecule has 2 aliphatic heterocycles. The van der Waals surface area contributed by atoms with Crippen LogP contribution in [-0.2, 0) is 19.1 Å². The molecule has 0 saturated carbocycles. The molecule has 2 amide bonds. The van der Waals surface area contributed by atoms with Crippen LogP contribution in [0.15, 0.2) is 0 Å². The van der Waals surface area contributed by atoms with Crippen molar-refractivity contribution in [2.75, 3.05) is 32.8 Å². The second-order valence-corrected chi connectivity index (χ2v) is 8.14. The number of esters is 1. The minimum Gasteiger partial charge on any atom is -0.466 e. The van der Waals surface area contributed by atoms with Gasteiger partial charge >= 0.3 is 12.1 Å². The number of hydrogen-bond acceptors (Lipinski definition) is 5. The zero-order chi connectivity index (χ0) is 19.3. The van der Waals surface area contributed by atoms with Crippen molar-refractivity contribution in [2.24, 2.45) is 11.8 Å². The van der Waals surface area contributed by atoms with Crippen molar-refractivity contribution in [3.8, 4) is 0 Å². The predicted octanol–water partition coefficient (Wildman–Crippen LogP) is 2.44. The van der Waals surface area contributed by atoms with Gasteiger partial charge < -0.3 is 19.3 Å². The van der Waals surface area contributed by atoms with Crippen LogP contribution in [0, 0.1) is 11.8 Å². The molecule has 0 unspecified atom stereocenters. The summed E-state index contributed by atoms with van der Waals surface area (Å²) >= 11 is 0. The molecule has 2 fully saturated rings. The van der Waals surface area contributed by atoms with Crippen molar-refractivity contribution in [1.82, 2.24) is 9.80 Å². The van der Waals surface area contributed by atoms with Crippen LogP contribution in [0.25, 0.3) is 0 Å². The molecule has 0 aromatic heterocycles. The molecule has 2 aliphatic rings. The topological polar surface area (TPSA) is 76.2 Å². The van der Waals surface area contributed by atoms with Crippen molar-refractivity contribution in [3.63, 3.8) is 0 Å². The molecular formula is C19H32N2O5. The van der Waals surface area contributed by atoms with Crippen molar-refractivity contribution in [3.05, 3.63) is 0 Å². The number of rotatable bonds is 3. The maximum Gasteiger partial charge on any atom is 0.410 e. The largest absolute Gasteiger partial charge is 0.466 e. The van der Waals surface area contributed by atoms with Crippen LogP contribution < -0.4 is 0 Å². The van der Waals surface area contributed by atoms with E-state index in [0.717, 1.165) is 25.7 Å². The Bertz CT molecular complexity index is 529. The number of carbonyl (C=O) groups excluding carboxylic acids is 3. The van der Waals surface area contributed by atoms with Crippen LogP contribution in [0.5, 0.6) is 0 Å². The number of piperidine rings is 2. The fraction of sp³-hybridized carbons (Fsp3) is 0.842. The first-order chi connectivity index (χ1) is 12.2. The van der Waals surface area contributed by atoms with Gasteiger partial charge in [-0.05, 0) is 53.4 Å². The lowest BCUT2D eigenvalue weighted by atomic mass is 9.93. The zero-order valence-corrected chi connectivity index (χ0v) is 16.5. The molecule has 2 rings (SSSR count). The highest BCUT2D eigenvalue weighted by molar-refractivity contribution is 5.81. The number of nitrogens with zero attached hydrogens (tertiary/aromatic N) is 2. The lowest BCUT2D eigenvalue weighted by Gasteiger charge is -2.38. The first-order valence-corrected chi connectivity index (χ1v) is 9.64. The van der Waals surface area contributed by atoms with Gasteiger partial charge in [0.1, 0.15) is 5.60 Å². The molecule has 0 aromatic rings. The molecule has 0 radical (unpaired) electrons. The molecule has 0 N–H and O–H groups in total. The summed E-state index contributed by atoms with van der Waals surface area (Å²) in [6, 6.07) is 0. The SMILES string of the molecule is CCOC(=O)[C@H]1CCCN(C(=O)[C@H]2CCCN(C(=O)OC(C)(C)C)C2)C1. The summed E-state index contributed by atoms with van der Waals surface area (Å²) in [5.74, 6) is -0.647. The van der Waals surface area contributed by atoms with E-state index in [1.54, 1.807) is 16.7 Å². The average Bonchev–Trinajstić information content (AvgIpc) is 2.60. The Kier molecular flexibility index (Phi) is 6.89. The summed E-state index contributed by atoms with van der Waals surface area (Å²) in [5, 5.41) is 0. The highest BCUT2D eigenvalue weighted by Crippen LogP contribution is 2.25. The third-order valence-electron chi connectivity index (χ3n) is 4.78. The van der Waals surface area contributed by atoms with E-state index in [9.17, 15) is 14.4 Å². The number of ether oxygens (including phenoxy) is 2. The molecule has 0 spiro atoms. The summed E-state index contributed by atoms with van der Waals surface area (Å²) < 4.78 is 10.5. The maximum absolute atomic E-state index is 12.9. The Hall–Kier alpha value is -1.79. The average molecular weight is 368 g/mol. The zero-order valence-electron chi connectivity index (χ0n) is 16.5. The van der Waals surface area contributed by atoms with Crippen molar-refractivity contribution in [2.45, 2.75) is 59.0 Å². The quantitative estimate of drug-likeness (QED) is 0.715. The normalized spacial score (nSPS) is 24.2. The summed E-state index contributed by atoms with van der Waals surface area (Å²) in [6.45, 7) is 9.73. The van der Waals surface area contributed by atoms with E-state index in [-0.39, 0.29) is 29.8 Å². The molecule has 0 aliphatic carbocycles. The highest BCUT2D eigenvalue weighted by Gasteiger charge is 2.36. The monoisotopic (exact) mass is 368 g/mol. The second-order valence-electron chi connectivity index (χ2n) is 8.14. The van der Waals surface area contributed by atoms with E-state index in [1.165, 1.54) is 0 Å². The lowest BCUT2D eigenvalue weighted by Crippen LogP contribution is -2.50. The molecule has 2 saturated heterocycles. The summed E-state index contributed by atoms with van der Waals surface area (Å²) in [5.41, 5.74) is -0.548. The first-order valence-electron chi connectivity index (χ1n) is 9.64. The Morgan fingerprint density at radius 2 is 1.54 bits per heavy atom. The van der Waals surface area contributed by atoms with Gasteiger partial charge in [0.25, 0.3) is 0 Å². The van der Waals surface area contributed by atoms with Crippen LogP contribution >= 0.6 is 0 Å². The minimum atomic E-state index is -0.548. The summed E-state index contributed by atoms with van der Waals surface area (Å²) in [4.78, 5) is 40.6. The molecule has 7 nitrogen and oxygen atoms in total. The maximum atomic E-state index is 12.9. The second kappa shape index (κ2) is 8.73. The van der Waals surface area contributed by atoms with Gasteiger partial charge in [-0.2, -0.15) is 0 Å². The van der Waals surface area contributed by atoms with Gasteiger partial charge in [0, 0.05) is 26.2 Å². The third kappa shape index (κ3) is 5.61. The molecule has 26 heavy (non-hydrogen) atoms. The van der Waals surface area contributed by atoms with Gasteiger partial charge in [0.15, 0.2) is 0 Å². The number of carbonyl (C=O) groups is 3. The van der Waals surface area contributed by atoms with E-state index in [4.69, 9.17) is 9.47 Å². The molecule has 0 aromatic carbocycles. The van der Waals surface area contributed by atoms with E-state index in [0.29, 0.717) is 32.8 Å². The van der Waals surface area contributed by atoms with Crippen LogP contribution in [-0.4, -0.2) is 66.2 Å². The standard InChI is InChI=1S/C19H32N2O5/c1-5-25-17(23)15-9-7-10-20(13-15)16(22)14-8-6-11-21(12-14)18(24)26-19(2,3)4/h14-15H,5-13H2,1-4H3/t14-,15-/m0/s1. The minimum absolute atomic E-state index is 0.0345. The Labute approximate surface area is 156 Å². The van der Waals surface area contributed by atoms with Gasteiger partial charge in [0.2, 0.25) is 5.91 Å². The van der Waals surface area contributed by atoms with Crippen LogP contribution in [0.2, 0.25) is 0 Å². The molecule has 2 heterocycles. The Morgan fingerprint density at radius 1 is 0.962 bits per heavy atom. The highest BCUT2D eigenvalue weighted by atomic mass is 16.6. The van der Waals surface area contributed by atoms with E-state index in [1.807, 2.05) is 20.8 Å². The van der Waals surface area contributed by atoms with Gasteiger partial charge in [-0.15, -0.1) is 0 Å². The Balaban J connectivity index is 1.93. The fourth-order valence-corrected chi connectivity index (χ4v) is 3.56. The molecule has 2 atom stereocenters. The van der Waals surface area contributed by atoms with Gasteiger partial charge in [-0.1, -0.05) is 0 Å². The van der Waals surface area contributed by atoms with Crippen molar-refractivity contribution < 1.29 is 23.9 Å². The predicted molar refractivity (Wildman–Crippen MR) is 96.5 cm³/mol. The molecular weight excluding hydrogens is 336 g/mol. The molecule has 7 heteroatoms. The van der Waals surface area contributed by atoms with Crippen LogP contribution in [0.4, 0.5) is 4.79 Å². The fourth-order valence-electron chi connectivity index (χ4n) is 3.56. The van der Waals surface area contributed by atoms with E-state index in [2.05, 4.69) is 0 Å². The number of hydrogen-bond donors (Lipinski definition) is 0. The molecule has 0 bridgehead atoms. The van der Waals surface area contributed by atoms with Crippen LogP contribution in [0.1, 0.15) is 53.4 Å². The number of amides is 2. The first kappa shape index (κ1) is 20.5. The Morgan fingerprint density at radius 3 is 2.15 bits per heavy atom. The third-order valence-corrected chi connectivity index (χ3v) is 4.78. The van der Waals surface area contributed by atoms with E-state index >= 15 is 0 Å². The molecule has 148 valence electrons. The van der Waals surface area contributed by atoms with Gasteiger partial charge in [-0.25, -0.2) is 4.79 Å². The van der Waals surface area contributed by atoms with Gasteiger partial charge in [-0.3, -0.25) is 9.59 Å². The van der Waals surface area contributed by atoms with Crippen molar-refractivity contribution in [1.29, 1.82) is 0 Å². The summed E-state index contributed by atoms with van der Waals surface area (Å²) in [7, 11) is 0. The number of likely N-dealkylation sites (tertiary alicyclic amines) is 2. The van der Waals surface area contributed by atoms with Gasteiger partial charge in [0.05, 0.1) is 18.4 Å². The summed E-state index contributed by atoms with van der Waals surface area (Å²) in [6.07, 6.45) is 2.75. The van der Waals surface area contributed by atoms with E-state index < -0.39 is 5.60 Å². The van der Waals surface area contributed by atoms with Crippen LogP contribution in [0.3, 0.4) is 0 Å². The van der Waals surface area contributed by atoms with Crippen molar-refractivity contribution >= 4 is 18.0 Å². The lowest BCUT2D eigenvalue weighted by molar-refractivity contribution is -0.152.